The zero-order valence-electron chi connectivity index (χ0n) is 21.8. The van der Waals surface area contributed by atoms with Gasteiger partial charge in [-0.3, -0.25) is 9.89 Å². The van der Waals surface area contributed by atoms with Crippen molar-refractivity contribution in [2.75, 3.05) is 12.4 Å². The Labute approximate surface area is 236 Å². The zero-order valence-corrected chi connectivity index (χ0v) is 23.4. The van der Waals surface area contributed by atoms with Gasteiger partial charge >= 0.3 is 0 Å². The Hall–Kier alpha value is -3.90. The van der Waals surface area contributed by atoms with Crippen molar-refractivity contribution in [1.82, 2.24) is 14.9 Å². The maximum Gasteiger partial charge on any atom is 0.256 e. The molecule has 0 radical (unpaired) electrons. The molecule has 1 aliphatic heterocycles. The van der Waals surface area contributed by atoms with Gasteiger partial charge in [0.15, 0.2) is 5.82 Å². The van der Waals surface area contributed by atoms with Crippen LogP contribution in [0.1, 0.15) is 35.8 Å². The van der Waals surface area contributed by atoms with Gasteiger partial charge in [-0.1, -0.05) is 41.9 Å². The Morgan fingerprint density at radius 3 is 2.58 bits per heavy atom. The molecule has 208 valence electrons. The number of methoxy groups -OCH3 is 1. The predicted octanol–water partition coefficient (Wildman–Crippen LogP) is 4.54. The van der Waals surface area contributed by atoms with Crippen molar-refractivity contribution in [2.24, 2.45) is 0 Å². The first-order valence-electron chi connectivity index (χ1n) is 12.3. The molecular formula is C28H27ClN4O6S. The van der Waals surface area contributed by atoms with Crippen LogP contribution in [0.5, 0.6) is 11.5 Å². The van der Waals surface area contributed by atoms with Crippen LogP contribution in [0.25, 0.3) is 11.3 Å². The molecule has 0 saturated carbocycles. The summed E-state index contributed by atoms with van der Waals surface area (Å²) in [6, 6.07) is 18.9. The van der Waals surface area contributed by atoms with Crippen molar-refractivity contribution >= 4 is 33.3 Å². The Balaban J connectivity index is 1.46. The van der Waals surface area contributed by atoms with Gasteiger partial charge in [0, 0.05) is 22.2 Å². The van der Waals surface area contributed by atoms with E-state index >= 15 is 0 Å². The lowest BCUT2D eigenvalue weighted by Crippen LogP contribution is -2.53. The van der Waals surface area contributed by atoms with Gasteiger partial charge in [0.25, 0.3) is 5.91 Å². The fraction of sp³-hybridized carbons (Fsp3) is 0.214. The summed E-state index contributed by atoms with van der Waals surface area (Å²) in [6.07, 6.45) is -1.31. The summed E-state index contributed by atoms with van der Waals surface area (Å²) in [7, 11) is -2.90. The molecule has 1 amide bonds. The van der Waals surface area contributed by atoms with E-state index in [1.165, 1.54) is 31.4 Å². The number of amides is 1. The molecule has 2 atom stereocenters. The molecule has 0 spiro atoms. The SMILES string of the molecule is COc1ccc(Cl)cc1S(=O)(=O)N[C@@H]1c2cc(C(=O)Nc3cc(-c4ccccc4)[nH]n3)ccc2OC(C)(C)[C@H]1O. The maximum absolute atomic E-state index is 13.5. The molecule has 5 rings (SSSR count). The summed E-state index contributed by atoms with van der Waals surface area (Å²) in [5.41, 5.74) is 0.986. The average molecular weight is 583 g/mol. The monoisotopic (exact) mass is 582 g/mol. The quantitative estimate of drug-likeness (QED) is 0.250. The maximum atomic E-state index is 13.5. The molecule has 1 aliphatic rings. The fourth-order valence-electron chi connectivity index (χ4n) is 4.50. The number of anilines is 1. The highest BCUT2D eigenvalue weighted by molar-refractivity contribution is 7.89. The highest BCUT2D eigenvalue weighted by Crippen LogP contribution is 2.41. The second-order valence-corrected chi connectivity index (χ2v) is 11.9. The van der Waals surface area contributed by atoms with Crippen LogP contribution in [-0.2, 0) is 10.0 Å². The lowest BCUT2D eigenvalue weighted by Gasteiger charge is -2.42. The van der Waals surface area contributed by atoms with Crippen molar-refractivity contribution in [3.8, 4) is 22.8 Å². The van der Waals surface area contributed by atoms with Gasteiger partial charge in [-0.15, -0.1) is 0 Å². The Morgan fingerprint density at radius 2 is 1.85 bits per heavy atom. The van der Waals surface area contributed by atoms with Gasteiger partial charge in [0.2, 0.25) is 10.0 Å². The molecule has 0 unspecified atom stereocenters. The molecule has 2 heterocycles. The van der Waals surface area contributed by atoms with Crippen LogP contribution in [0.2, 0.25) is 5.02 Å². The number of hydrogen-bond acceptors (Lipinski definition) is 7. The number of fused-ring (bicyclic) bond motifs is 1. The minimum absolute atomic E-state index is 0.0833. The second-order valence-electron chi connectivity index (χ2n) is 9.78. The highest BCUT2D eigenvalue weighted by atomic mass is 35.5. The van der Waals surface area contributed by atoms with E-state index in [0.717, 1.165) is 11.3 Å². The minimum atomic E-state index is -4.25. The van der Waals surface area contributed by atoms with E-state index < -0.39 is 33.7 Å². The molecule has 10 nitrogen and oxygen atoms in total. The third-order valence-electron chi connectivity index (χ3n) is 6.61. The topological polar surface area (TPSA) is 143 Å². The number of carbonyl (C=O) groups is 1. The first-order valence-corrected chi connectivity index (χ1v) is 14.1. The van der Waals surface area contributed by atoms with E-state index in [1.807, 2.05) is 30.3 Å². The summed E-state index contributed by atoms with van der Waals surface area (Å²) < 4.78 is 40.7. The number of aliphatic hydroxyl groups is 1. The summed E-state index contributed by atoms with van der Waals surface area (Å²) in [6.45, 7) is 3.29. The van der Waals surface area contributed by atoms with E-state index in [4.69, 9.17) is 21.1 Å². The lowest BCUT2D eigenvalue weighted by atomic mass is 9.86. The molecule has 4 aromatic rings. The lowest BCUT2D eigenvalue weighted by molar-refractivity contribution is -0.0603. The molecule has 40 heavy (non-hydrogen) atoms. The van der Waals surface area contributed by atoms with Crippen LogP contribution in [0, 0.1) is 0 Å². The first kappa shape index (κ1) is 27.7. The van der Waals surface area contributed by atoms with E-state index in [9.17, 15) is 18.3 Å². The smallest absolute Gasteiger partial charge is 0.256 e. The Morgan fingerprint density at radius 1 is 1.10 bits per heavy atom. The summed E-state index contributed by atoms with van der Waals surface area (Å²) in [5, 5.41) is 21.2. The largest absolute Gasteiger partial charge is 0.495 e. The molecule has 1 aromatic heterocycles. The minimum Gasteiger partial charge on any atom is -0.495 e. The summed E-state index contributed by atoms with van der Waals surface area (Å²) in [5.74, 6) is 0.235. The third kappa shape index (κ3) is 5.41. The summed E-state index contributed by atoms with van der Waals surface area (Å²) >= 11 is 6.07. The molecule has 0 saturated heterocycles. The third-order valence-corrected chi connectivity index (χ3v) is 8.31. The van der Waals surface area contributed by atoms with Crippen molar-refractivity contribution in [1.29, 1.82) is 0 Å². The predicted molar refractivity (Wildman–Crippen MR) is 150 cm³/mol. The molecular weight excluding hydrogens is 556 g/mol. The van der Waals surface area contributed by atoms with Crippen molar-refractivity contribution in [2.45, 2.75) is 36.5 Å². The number of rotatable bonds is 7. The molecule has 12 heteroatoms. The molecule has 4 N–H and O–H groups in total. The fourth-order valence-corrected chi connectivity index (χ4v) is 6.15. The number of halogens is 1. The van der Waals surface area contributed by atoms with E-state index in [2.05, 4.69) is 20.2 Å². The van der Waals surface area contributed by atoms with Gasteiger partial charge in [0.1, 0.15) is 28.1 Å². The first-order chi connectivity index (χ1) is 19.0. The van der Waals surface area contributed by atoms with Crippen LogP contribution < -0.4 is 19.5 Å². The highest BCUT2D eigenvalue weighted by Gasteiger charge is 2.45. The van der Waals surface area contributed by atoms with Crippen LogP contribution in [0.4, 0.5) is 5.82 Å². The standard InChI is InChI=1S/C28H27ClN4O6S/c1-28(2)26(34)25(33-40(36,37)23-14-18(29)10-12-22(23)38-3)19-13-17(9-11-21(19)39-28)27(35)30-24-15-20(31-32-24)16-7-5-4-6-8-16/h4-15,25-26,33-34H,1-3H3,(H2,30,31,32,35)/t25-,26+/m1/s1. The van der Waals surface area contributed by atoms with Crippen molar-refractivity contribution in [3.05, 3.63) is 88.9 Å². The van der Waals surface area contributed by atoms with Crippen LogP contribution in [0.15, 0.2) is 77.7 Å². The molecule has 0 fully saturated rings. The molecule has 0 bridgehead atoms. The van der Waals surface area contributed by atoms with Gasteiger partial charge in [0.05, 0.1) is 18.8 Å². The number of H-pyrrole nitrogens is 1. The number of aromatic amines is 1. The van der Waals surface area contributed by atoms with Gasteiger partial charge in [-0.25, -0.2) is 13.1 Å². The van der Waals surface area contributed by atoms with Crippen molar-refractivity contribution < 1.29 is 27.8 Å². The number of sulfonamides is 1. The molecule has 3 aromatic carbocycles. The van der Waals surface area contributed by atoms with Crippen LogP contribution in [-0.4, -0.2) is 48.4 Å². The van der Waals surface area contributed by atoms with E-state index in [-0.39, 0.29) is 26.8 Å². The number of aromatic nitrogens is 2. The second kappa shape index (κ2) is 10.6. The van der Waals surface area contributed by atoms with E-state index in [0.29, 0.717) is 11.6 Å². The normalized spacial score (nSPS) is 17.9. The van der Waals surface area contributed by atoms with Gasteiger partial charge in [-0.2, -0.15) is 5.10 Å². The number of ether oxygens (including phenoxy) is 2. The number of nitrogens with zero attached hydrogens (tertiary/aromatic N) is 1. The zero-order chi connectivity index (χ0) is 28.7. The Kier molecular flexibility index (Phi) is 7.32. The molecule has 0 aliphatic carbocycles. The van der Waals surface area contributed by atoms with Gasteiger partial charge < -0.3 is 19.9 Å². The number of nitrogens with one attached hydrogen (secondary N) is 3. The van der Waals surface area contributed by atoms with Gasteiger partial charge in [-0.05, 0) is 55.8 Å². The van der Waals surface area contributed by atoms with E-state index in [1.54, 1.807) is 32.0 Å². The average Bonchev–Trinajstić information content (AvgIpc) is 3.40. The number of aliphatic hydroxyl groups excluding tert-OH is 1. The van der Waals surface area contributed by atoms with Crippen LogP contribution >= 0.6 is 11.6 Å². The summed E-state index contributed by atoms with van der Waals surface area (Å²) in [4.78, 5) is 13.0. The number of hydrogen-bond donors (Lipinski definition) is 4. The number of benzene rings is 3. The Bertz CT molecular complexity index is 1670. The van der Waals surface area contributed by atoms with Crippen molar-refractivity contribution in [3.63, 3.8) is 0 Å². The number of carbonyl (C=O) groups excluding carboxylic acids is 1. The van der Waals surface area contributed by atoms with Crippen LogP contribution in [0.3, 0.4) is 0 Å².